The van der Waals surface area contributed by atoms with Crippen molar-refractivity contribution in [3.05, 3.63) is 0 Å². The third-order valence-electron chi connectivity index (χ3n) is 0.231. The Bertz CT molecular complexity index is 89.8. The minimum atomic E-state index is 0.991. The van der Waals surface area contributed by atoms with Gasteiger partial charge >= 0.3 is 0 Å². The molecule has 10 heavy (non-hydrogen) atoms. The van der Waals surface area contributed by atoms with Crippen LogP contribution in [0.1, 0.15) is 0 Å². The Morgan fingerprint density at radius 2 is 1.30 bits per heavy atom. The Morgan fingerprint density at radius 1 is 0.900 bits per heavy atom. The second kappa shape index (κ2) is 15.7. The summed E-state index contributed by atoms with van der Waals surface area (Å²) >= 11 is 0.991. The quantitative estimate of drug-likeness (QED) is 0.352. The fourth-order valence-corrected chi connectivity index (χ4v) is 0.163. The zero-order valence-electron chi connectivity index (χ0n) is 5.43. The Balaban J connectivity index is 0. The second-order valence-electron chi connectivity index (χ2n) is 0.680. The number of hydrogen-bond donors (Lipinski definition) is 0. The molecule has 0 amide bonds. The van der Waals surface area contributed by atoms with Crippen LogP contribution in [0.3, 0.4) is 0 Å². The van der Waals surface area contributed by atoms with E-state index >= 15 is 0 Å². The highest BCUT2D eigenvalue weighted by Gasteiger charge is 1.53. The van der Waals surface area contributed by atoms with E-state index in [0.717, 1.165) is 12.1 Å². The average Bonchev–Trinajstić information content (AvgIpc) is 1.93. The van der Waals surface area contributed by atoms with E-state index in [4.69, 9.17) is 0 Å². The Labute approximate surface area is 63.8 Å². The molecule has 0 radical (unpaired) electrons. The van der Waals surface area contributed by atoms with Gasteiger partial charge in [-0.25, -0.2) is 13.7 Å². The summed E-state index contributed by atoms with van der Waals surface area (Å²) in [5.41, 5.74) is 0. The van der Waals surface area contributed by atoms with E-state index in [1.807, 2.05) is 0 Å². The standard InChI is InChI=1S/C2H4N2O.C2H4N2S/c2*1-3-5-4-2/h2*1-2H2. The maximum Gasteiger partial charge on any atom is 0.113 e. The first-order chi connectivity index (χ1) is 4.83. The molecule has 0 saturated carbocycles. The van der Waals surface area contributed by atoms with Crippen LogP contribution in [0.15, 0.2) is 19.1 Å². The highest BCUT2D eigenvalue weighted by atomic mass is 32.2. The third kappa shape index (κ3) is 29.0. The van der Waals surface area contributed by atoms with Gasteiger partial charge in [-0.05, 0) is 0 Å². The Kier molecular flexibility index (Phi) is 18.2. The van der Waals surface area contributed by atoms with E-state index in [1.165, 1.54) is 0 Å². The first-order valence-corrected chi connectivity index (χ1v) is 2.73. The van der Waals surface area contributed by atoms with Crippen LogP contribution >= 0.6 is 12.1 Å². The lowest BCUT2D eigenvalue weighted by molar-refractivity contribution is 0.161. The molecule has 0 N–H and O–H groups in total. The van der Waals surface area contributed by atoms with Crippen LogP contribution in [-0.2, 0) is 4.94 Å². The van der Waals surface area contributed by atoms with Crippen molar-refractivity contribution < 1.29 is 4.94 Å². The number of rotatable bonds is 4. The van der Waals surface area contributed by atoms with Gasteiger partial charge in [0.05, 0.1) is 0 Å². The molecule has 0 saturated heterocycles. The molecule has 0 heterocycles. The van der Waals surface area contributed by atoms with E-state index in [-0.39, 0.29) is 0 Å². The molecular weight excluding hydrogens is 152 g/mol. The van der Waals surface area contributed by atoms with Crippen molar-refractivity contribution in [2.75, 3.05) is 0 Å². The van der Waals surface area contributed by atoms with Gasteiger partial charge in [-0.15, -0.1) is 0 Å². The molecule has 0 aliphatic rings. The number of oxime groups is 2. The zero-order chi connectivity index (χ0) is 8.24. The molecular formula is C4H8N4OS. The molecule has 0 aromatic carbocycles. The topological polar surface area (TPSA) is 58.7 Å². The number of hydrogen-bond acceptors (Lipinski definition) is 6. The summed E-state index contributed by atoms with van der Waals surface area (Å²) in [5, 5.41) is 5.75. The summed E-state index contributed by atoms with van der Waals surface area (Å²) in [4.78, 5) is 3.86. The highest BCUT2D eigenvalue weighted by molar-refractivity contribution is 7.96. The van der Waals surface area contributed by atoms with E-state index in [2.05, 4.69) is 50.9 Å². The lowest BCUT2D eigenvalue weighted by Gasteiger charge is -1.71. The third-order valence-corrected chi connectivity index (χ3v) is 0.462. The fourth-order valence-electron chi connectivity index (χ4n) is 0.0816. The van der Waals surface area contributed by atoms with Gasteiger partial charge in [-0.1, -0.05) is 10.3 Å². The van der Waals surface area contributed by atoms with Crippen molar-refractivity contribution in [2.45, 2.75) is 0 Å². The van der Waals surface area contributed by atoms with E-state index in [1.54, 1.807) is 0 Å². The lowest BCUT2D eigenvalue weighted by atomic mass is 11.7. The molecule has 0 bridgehead atoms. The van der Waals surface area contributed by atoms with Crippen molar-refractivity contribution in [1.82, 2.24) is 0 Å². The van der Waals surface area contributed by atoms with Gasteiger partial charge in [0.1, 0.15) is 12.1 Å². The molecule has 5 nitrogen and oxygen atoms in total. The minimum absolute atomic E-state index is 0.991. The van der Waals surface area contributed by atoms with Crippen molar-refractivity contribution in [3.63, 3.8) is 0 Å². The van der Waals surface area contributed by atoms with Crippen LogP contribution in [0.2, 0.25) is 0 Å². The molecule has 0 spiro atoms. The minimum Gasteiger partial charge on any atom is -0.246 e. The van der Waals surface area contributed by atoms with Crippen LogP contribution in [0.4, 0.5) is 0 Å². The molecule has 0 unspecified atom stereocenters. The van der Waals surface area contributed by atoms with Crippen molar-refractivity contribution in [1.29, 1.82) is 0 Å². The van der Waals surface area contributed by atoms with Crippen molar-refractivity contribution in [2.24, 2.45) is 19.1 Å². The summed E-state index contributed by atoms with van der Waals surface area (Å²) < 4.78 is 6.58. The molecule has 56 valence electrons. The molecule has 0 fully saturated rings. The zero-order valence-corrected chi connectivity index (χ0v) is 6.25. The average molecular weight is 160 g/mol. The molecule has 0 aromatic rings. The number of nitrogens with zero attached hydrogens (tertiary/aromatic N) is 4. The highest BCUT2D eigenvalue weighted by Crippen LogP contribution is 1.95. The fraction of sp³-hybridized carbons (Fsp3) is 0. The summed E-state index contributed by atoms with van der Waals surface area (Å²) in [6.07, 6.45) is 0. The molecule has 0 rings (SSSR count). The maximum absolute atomic E-state index is 3.86. The summed E-state index contributed by atoms with van der Waals surface area (Å²) in [6, 6.07) is 0. The van der Waals surface area contributed by atoms with Gasteiger partial charge in [0.15, 0.2) is 0 Å². The summed E-state index contributed by atoms with van der Waals surface area (Å²) in [5.74, 6) is 0. The summed E-state index contributed by atoms with van der Waals surface area (Å²) in [6.45, 7) is 12.1. The molecule has 0 aromatic heterocycles. The van der Waals surface area contributed by atoms with Crippen LogP contribution in [0.25, 0.3) is 0 Å². The van der Waals surface area contributed by atoms with Crippen molar-refractivity contribution in [3.8, 4) is 0 Å². The van der Waals surface area contributed by atoms with E-state index in [9.17, 15) is 0 Å². The first kappa shape index (κ1) is 11.6. The smallest absolute Gasteiger partial charge is 0.113 e. The normalized spacial score (nSPS) is 6.00. The van der Waals surface area contributed by atoms with E-state index < -0.39 is 0 Å². The van der Waals surface area contributed by atoms with Gasteiger partial charge in [-0.3, -0.25) is 0 Å². The van der Waals surface area contributed by atoms with Crippen molar-refractivity contribution >= 4 is 39.0 Å². The van der Waals surface area contributed by atoms with E-state index in [0.29, 0.717) is 0 Å². The van der Waals surface area contributed by atoms with Gasteiger partial charge in [-0.2, -0.15) is 0 Å². The summed E-state index contributed by atoms with van der Waals surface area (Å²) in [7, 11) is 0. The Morgan fingerprint density at radius 3 is 1.30 bits per heavy atom. The predicted octanol–water partition coefficient (Wildman–Crippen LogP) is 1.19. The van der Waals surface area contributed by atoms with Gasteiger partial charge < -0.3 is 0 Å². The van der Waals surface area contributed by atoms with Crippen LogP contribution in [0.5, 0.6) is 0 Å². The lowest BCUT2D eigenvalue weighted by Crippen LogP contribution is -1.55. The van der Waals surface area contributed by atoms with Crippen LogP contribution < -0.4 is 0 Å². The van der Waals surface area contributed by atoms with Gasteiger partial charge in [0.25, 0.3) is 0 Å². The Hall–Kier alpha value is -1.17. The molecule has 0 aliphatic carbocycles. The first-order valence-electron chi connectivity index (χ1n) is 2.00. The molecule has 0 atom stereocenters. The molecule has 0 aliphatic heterocycles. The second-order valence-corrected chi connectivity index (χ2v) is 1.36. The van der Waals surface area contributed by atoms with Crippen LogP contribution in [0, 0.1) is 0 Å². The predicted molar refractivity (Wildman–Crippen MR) is 46.9 cm³/mol. The SMILES string of the molecule is C=NON=C.C=NSN=C. The van der Waals surface area contributed by atoms with Gasteiger partial charge in [0, 0.05) is 26.9 Å². The largest absolute Gasteiger partial charge is 0.246 e. The molecule has 6 heteroatoms. The monoisotopic (exact) mass is 160 g/mol. The maximum atomic E-state index is 3.86. The van der Waals surface area contributed by atoms with Crippen LogP contribution in [-0.4, -0.2) is 26.9 Å². The van der Waals surface area contributed by atoms with Gasteiger partial charge in [0.2, 0.25) is 0 Å².